The first-order chi connectivity index (χ1) is 13.1. The molecule has 2 heterocycles. The average molecular weight is 364 g/mol. The molecule has 1 aromatic carbocycles. The van der Waals surface area contributed by atoms with Crippen LogP contribution in [-0.2, 0) is 6.42 Å². The van der Waals surface area contributed by atoms with Gasteiger partial charge in [-0.15, -0.1) is 0 Å². The molecule has 0 radical (unpaired) electrons. The Bertz CT molecular complexity index is 985. The van der Waals surface area contributed by atoms with Gasteiger partial charge in [-0.2, -0.15) is 0 Å². The minimum atomic E-state index is 0.520. The van der Waals surface area contributed by atoms with Crippen molar-refractivity contribution < 1.29 is 4.74 Å². The van der Waals surface area contributed by atoms with Gasteiger partial charge in [0.15, 0.2) is 5.65 Å². The van der Waals surface area contributed by atoms with Crippen LogP contribution in [0.5, 0.6) is 5.75 Å². The number of fused-ring (bicyclic) bond motifs is 1. The van der Waals surface area contributed by atoms with Crippen molar-refractivity contribution in [1.82, 2.24) is 14.5 Å². The topological polar surface area (TPSA) is 39.9 Å². The van der Waals surface area contributed by atoms with E-state index < -0.39 is 0 Å². The van der Waals surface area contributed by atoms with E-state index >= 15 is 0 Å². The molecule has 1 aliphatic rings. The lowest BCUT2D eigenvalue weighted by molar-refractivity contribution is 0.411. The van der Waals surface area contributed by atoms with Crippen LogP contribution in [0.25, 0.3) is 22.3 Å². The van der Waals surface area contributed by atoms with E-state index in [2.05, 4.69) is 50.5 Å². The molecule has 0 spiro atoms. The van der Waals surface area contributed by atoms with Gasteiger partial charge in [-0.05, 0) is 73.9 Å². The lowest BCUT2D eigenvalue weighted by Gasteiger charge is -2.19. The van der Waals surface area contributed by atoms with E-state index in [-0.39, 0.29) is 0 Å². The van der Waals surface area contributed by atoms with E-state index in [1.807, 2.05) is 6.20 Å². The van der Waals surface area contributed by atoms with Crippen LogP contribution in [0.1, 0.15) is 56.1 Å². The summed E-state index contributed by atoms with van der Waals surface area (Å²) in [6, 6.07) is 6.96. The monoisotopic (exact) mass is 363 g/mol. The maximum atomic E-state index is 5.49. The zero-order valence-corrected chi connectivity index (χ0v) is 17.0. The van der Waals surface area contributed by atoms with Gasteiger partial charge in [0.25, 0.3) is 0 Å². The molecular weight excluding hydrogens is 334 g/mol. The smallest absolute Gasteiger partial charge is 0.160 e. The van der Waals surface area contributed by atoms with Crippen molar-refractivity contribution in [2.24, 2.45) is 5.92 Å². The number of hydrogen-bond acceptors (Lipinski definition) is 3. The van der Waals surface area contributed by atoms with Crippen molar-refractivity contribution in [3.05, 3.63) is 41.3 Å². The molecule has 0 N–H and O–H groups in total. The van der Waals surface area contributed by atoms with Crippen molar-refractivity contribution in [3.8, 4) is 16.9 Å². The maximum Gasteiger partial charge on any atom is 0.160 e. The number of aryl methyl sites for hydroxylation is 3. The van der Waals surface area contributed by atoms with Crippen LogP contribution in [0.2, 0.25) is 0 Å². The third kappa shape index (κ3) is 3.01. The molecular formula is C23H29N3O. The summed E-state index contributed by atoms with van der Waals surface area (Å²) in [7, 11) is 1.73. The Labute approximate surface area is 161 Å². The summed E-state index contributed by atoms with van der Waals surface area (Å²) in [6.07, 6.45) is 6.67. The van der Waals surface area contributed by atoms with Gasteiger partial charge in [0.2, 0.25) is 0 Å². The number of aromatic nitrogens is 3. The molecule has 142 valence electrons. The highest BCUT2D eigenvalue weighted by Crippen LogP contribution is 2.44. The summed E-state index contributed by atoms with van der Waals surface area (Å²) >= 11 is 0. The molecule has 1 fully saturated rings. The second-order valence-electron chi connectivity index (χ2n) is 7.73. The lowest BCUT2D eigenvalue weighted by atomic mass is 9.97. The second kappa shape index (κ2) is 6.99. The standard InChI is InChI=1S/C23H29N3O/c1-6-19(16-8-9-16)26-21(7-2)25-22-17(10-11-24-23(22)26)18-12-15(4)20(27-5)13-14(18)3/h10-13,16,19H,6-9H2,1-5H3. The number of benzene rings is 1. The van der Waals surface area contributed by atoms with Gasteiger partial charge in [-0.25, -0.2) is 9.97 Å². The number of nitrogens with zero attached hydrogens (tertiary/aromatic N) is 3. The van der Waals surface area contributed by atoms with Crippen LogP contribution in [0.4, 0.5) is 0 Å². The predicted octanol–water partition coefficient (Wildman–Crippen LogP) is 5.65. The van der Waals surface area contributed by atoms with E-state index in [1.54, 1.807) is 7.11 Å². The summed E-state index contributed by atoms with van der Waals surface area (Å²) in [6.45, 7) is 8.71. The van der Waals surface area contributed by atoms with Crippen LogP contribution in [0, 0.1) is 19.8 Å². The average Bonchev–Trinajstić information content (AvgIpc) is 3.44. The summed E-state index contributed by atoms with van der Waals surface area (Å²) in [5, 5.41) is 0. The number of methoxy groups -OCH3 is 1. The van der Waals surface area contributed by atoms with Crippen LogP contribution < -0.4 is 4.74 Å². The summed E-state index contributed by atoms with van der Waals surface area (Å²) < 4.78 is 7.92. The first-order valence-corrected chi connectivity index (χ1v) is 10.1. The Kier molecular flexibility index (Phi) is 4.67. The van der Waals surface area contributed by atoms with Crippen LogP contribution in [-0.4, -0.2) is 21.6 Å². The van der Waals surface area contributed by atoms with Crippen molar-refractivity contribution in [2.45, 2.75) is 59.4 Å². The third-order valence-electron chi connectivity index (χ3n) is 5.92. The number of rotatable bonds is 6. The molecule has 4 nitrogen and oxygen atoms in total. The van der Waals surface area contributed by atoms with Crippen molar-refractivity contribution in [1.29, 1.82) is 0 Å². The Morgan fingerprint density at radius 3 is 2.56 bits per heavy atom. The molecule has 4 heteroatoms. The Balaban J connectivity index is 1.94. The number of hydrogen-bond donors (Lipinski definition) is 0. The minimum Gasteiger partial charge on any atom is -0.496 e. The minimum absolute atomic E-state index is 0.520. The molecule has 3 aromatic rings. The molecule has 27 heavy (non-hydrogen) atoms. The first kappa shape index (κ1) is 18.0. The molecule has 1 saturated carbocycles. The normalized spacial score (nSPS) is 15.3. The Morgan fingerprint density at radius 1 is 1.15 bits per heavy atom. The van der Waals surface area contributed by atoms with Gasteiger partial charge in [0.05, 0.1) is 7.11 Å². The molecule has 2 aromatic heterocycles. The van der Waals surface area contributed by atoms with Crippen molar-refractivity contribution in [3.63, 3.8) is 0 Å². The van der Waals surface area contributed by atoms with Gasteiger partial charge in [0.1, 0.15) is 17.1 Å². The van der Waals surface area contributed by atoms with Crippen LogP contribution >= 0.6 is 0 Å². The zero-order valence-electron chi connectivity index (χ0n) is 17.0. The number of pyridine rings is 1. The zero-order chi connectivity index (χ0) is 19.1. The van der Waals surface area contributed by atoms with Gasteiger partial charge in [-0.3, -0.25) is 0 Å². The molecule has 1 unspecified atom stereocenters. The molecule has 1 aliphatic carbocycles. The highest BCUT2D eigenvalue weighted by Gasteiger charge is 2.33. The highest BCUT2D eigenvalue weighted by molar-refractivity contribution is 5.91. The fraction of sp³-hybridized carbons (Fsp3) is 0.478. The predicted molar refractivity (Wildman–Crippen MR) is 110 cm³/mol. The maximum absolute atomic E-state index is 5.49. The molecule has 0 aliphatic heterocycles. The molecule has 0 saturated heterocycles. The second-order valence-corrected chi connectivity index (χ2v) is 7.73. The summed E-state index contributed by atoms with van der Waals surface area (Å²) in [5.74, 6) is 2.88. The van der Waals surface area contributed by atoms with E-state index in [0.29, 0.717) is 6.04 Å². The third-order valence-corrected chi connectivity index (χ3v) is 5.92. The summed E-state index contributed by atoms with van der Waals surface area (Å²) in [5.41, 5.74) is 6.79. The number of imidazole rings is 1. The van der Waals surface area contributed by atoms with Gasteiger partial charge >= 0.3 is 0 Å². The molecule has 0 bridgehead atoms. The lowest BCUT2D eigenvalue weighted by Crippen LogP contribution is -2.13. The van der Waals surface area contributed by atoms with Crippen LogP contribution in [0.3, 0.4) is 0 Å². The number of ether oxygens (including phenoxy) is 1. The fourth-order valence-corrected chi connectivity index (χ4v) is 4.36. The highest BCUT2D eigenvalue weighted by atomic mass is 16.5. The van der Waals surface area contributed by atoms with E-state index in [1.165, 1.54) is 29.5 Å². The fourth-order valence-electron chi connectivity index (χ4n) is 4.36. The van der Waals surface area contributed by atoms with Crippen molar-refractivity contribution in [2.75, 3.05) is 7.11 Å². The Hall–Kier alpha value is -2.36. The van der Waals surface area contributed by atoms with Crippen LogP contribution in [0.15, 0.2) is 24.4 Å². The first-order valence-electron chi connectivity index (χ1n) is 10.1. The molecule has 1 atom stereocenters. The van der Waals surface area contributed by atoms with E-state index in [9.17, 15) is 0 Å². The molecule has 0 amide bonds. The SMILES string of the molecule is CCc1nc2c(-c3cc(C)c(OC)cc3C)ccnc2n1C(CC)C1CC1. The van der Waals surface area contributed by atoms with Gasteiger partial charge in [-0.1, -0.05) is 13.8 Å². The van der Waals surface area contributed by atoms with E-state index in [0.717, 1.165) is 47.1 Å². The molecule has 4 rings (SSSR count). The van der Waals surface area contributed by atoms with Gasteiger partial charge in [0, 0.05) is 24.2 Å². The Morgan fingerprint density at radius 2 is 1.93 bits per heavy atom. The van der Waals surface area contributed by atoms with E-state index in [4.69, 9.17) is 14.7 Å². The van der Waals surface area contributed by atoms with Gasteiger partial charge < -0.3 is 9.30 Å². The van der Waals surface area contributed by atoms with Crippen molar-refractivity contribution >= 4 is 11.2 Å². The quantitative estimate of drug-likeness (QED) is 0.568. The summed E-state index contributed by atoms with van der Waals surface area (Å²) in [4.78, 5) is 9.85. The largest absolute Gasteiger partial charge is 0.496 e.